The molecule has 0 aliphatic carbocycles. The van der Waals surface area contributed by atoms with Crippen molar-refractivity contribution in [3.05, 3.63) is 42.2 Å². The molecule has 0 saturated carbocycles. The molecule has 0 bridgehead atoms. The normalized spacial score (nSPS) is 11.9. The number of hydrogen-bond acceptors (Lipinski definition) is 8. The largest absolute Gasteiger partial charge is 0.573 e. The Bertz CT molecular complexity index is 1220. The van der Waals surface area contributed by atoms with Crippen LogP contribution >= 0.6 is 0 Å². The summed E-state index contributed by atoms with van der Waals surface area (Å²) >= 11 is 0. The maximum Gasteiger partial charge on any atom is 0.573 e. The van der Waals surface area contributed by atoms with Gasteiger partial charge in [-0.25, -0.2) is 23.5 Å². The Kier molecular flexibility index (Phi) is 6.08. The lowest BCUT2D eigenvalue weighted by atomic mass is 10.1. The van der Waals surface area contributed by atoms with Crippen LogP contribution in [0.25, 0.3) is 10.9 Å². The summed E-state index contributed by atoms with van der Waals surface area (Å²) in [6.07, 6.45) is -3.73. The second kappa shape index (κ2) is 8.43. The first-order valence-corrected chi connectivity index (χ1v) is 10.1. The monoisotopic (exact) mass is 458 g/mol. The van der Waals surface area contributed by atoms with Gasteiger partial charge < -0.3 is 19.5 Å². The number of halogens is 3. The van der Waals surface area contributed by atoms with Crippen LogP contribution in [-0.2, 0) is 16.6 Å². The van der Waals surface area contributed by atoms with Gasteiger partial charge in [-0.05, 0) is 18.2 Å². The Hall–Kier alpha value is -3.32. The number of nitrogens with zero attached hydrogens (tertiary/aromatic N) is 2. The van der Waals surface area contributed by atoms with Crippen molar-refractivity contribution in [3.8, 4) is 17.2 Å². The molecule has 0 radical (unpaired) electrons. The topological polar surface area (TPSA) is 126 Å². The number of rotatable bonds is 7. The van der Waals surface area contributed by atoms with E-state index in [1.54, 1.807) is 12.1 Å². The van der Waals surface area contributed by atoms with Crippen LogP contribution in [0.1, 0.15) is 5.56 Å². The van der Waals surface area contributed by atoms with Gasteiger partial charge in [0.15, 0.2) is 0 Å². The number of nitrogens with one attached hydrogen (secondary N) is 1. The molecular formula is C18H17F3N4O5S. The van der Waals surface area contributed by atoms with E-state index in [-0.39, 0.29) is 22.8 Å². The number of ether oxygens (including phenoxy) is 3. The van der Waals surface area contributed by atoms with Crippen LogP contribution in [0.5, 0.6) is 17.2 Å². The Morgan fingerprint density at radius 1 is 1.06 bits per heavy atom. The van der Waals surface area contributed by atoms with Crippen LogP contribution in [-0.4, -0.2) is 39.0 Å². The predicted molar refractivity (Wildman–Crippen MR) is 104 cm³/mol. The number of methoxy groups -OCH3 is 2. The van der Waals surface area contributed by atoms with Crippen molar-refractivity contribution in [1.29, 1.82) is 0 Å². The molecule has 0 fully saturated rings. The summed E-state index contributed by atoms with van der Waals surface area (Å²) in [7, 11) is -1.25. The van der Waals surface area contributed by atoms with Crippen LogP contribution in [0.15, 0.2) is 41.6 Å². The molecule has 3 rings (SSSR count). The first kappa shape index (κ1) is 22.4. The number of benzene rings is 2. The Morgan fingerprint density at radius 3 is 2.42 bits per heavy atom. The number of alkyl halides is 3. The average molecular weight is 458 g/mol. The lowest BCUT2D eigenvalue weighted by Gasteiger charge is -2.16. The third-order valence-electron chi connectivity index (χ3n) is 4.16. The second-order valence-electron chi connectivity index (χ2n) is 6.16. The Labute approximate surface area is 175 Å². The van der Waals surface area contributed by atoms with Crippen molar-refractivity contribution < 1.29 is 35.8 Å². The Morgan fingerprint density at radius 2 is 1.81 bits per heavy atom. The molecule has 3 N–H and O–H groups in total. The van der Waals surface area contributed by atoms with Gasteiger partial charge in [0.2, 0.25) is 10.0 Å². The third-order valence-corrected chi connectivity index (χ3v) is 5.07. The first-order valence-electron chi connectivity index (χ1n) is 8.54. The number of fused-ring (bicyclic) bond motifs is 1. The zero-order valence-electron chi connectivity index (χ0n) is 16.2. The van der Waals surface area contributed by atoms with Crippen LogP contribution in [0.4, 0.5) is 19.0 Å². The molecule has 13 heteroatoms. The van der Waals surface area contributed by atoms with Gasteiger partial charge in [0.05, 0.1) is 30.0 Å². The van der Waals surface area contributed by atoms with Crippen LogP contribution in [0.3, 0.4) is 0 Å². The van der Waals surface area contributed by atoms with Gasteiger partial charge in [-0.2, -0.15) is 0 Å². The van der Waals surface area contributed by atoms with E-state index in [0.29, 0.717) is 22.4 Å². The fourth-order valence-electron chi connectivity index (χ4n) is 2.82. The molecule has 1 heterocycles. The summed E-state index contributed by atoms with van der Waals surface area (Å²) in [5.74, 6) is 0.501. The number of hydrogen-bond donors (Lipinski definition) is 2. The molecule has 0 amide bonds. The minimum absolute atomic E-state index is 0.108. The van der Waals surface area contributed by atoms with Crippen molar-refractivity contribution in [2.75, 3.05) is 19.5 Å². The lowest BCUT2D eigenvalue weighted by molar-refractivity contribution is -0.274. The highest BCUT2D eigenvalue weighted by Gasteiger charge is 2.32. The first-order chi connectivity index (χ1) is 14.5. The third kappa shape index (κ3) is 5.24. The lowest BCUT2D eigenvalue weighted by Crippen LogP contribution is -2.19. The van der Waals surface area contributed by atoms with Gasteiger partial charge in [0.25, 0.3) is 0 Å². The molecular weight excluding hydrogens is 441 g/mol. The zero-order chi connectivity index (χ0) is 22.8. The second-order valence-corrected chi connectivity index (χ2v) is 7.72. The number of sulfonamides is 1. The number of aromatic nitrogens is 2. The van der Waals surface area contributed by atoms with E-state index in [1.807, 2.05) is 0 Å². The molecule has 0 unspecified atom stereocenters. The van der Waals surface area contributed by atoms with Crippen LogP contribution in [0.2, 0.25) is 0 Å². The van der Waals surface area contributed by atoms with Crippen molar-refractivity contribution in [1.82, 2.24) is 9.97 Å². The van der Waals surface area contributed by atoms with E-state index in [2.05, 4.69) is 20.0 Å². The quantitative estimate of drug-likeness (QED) is 0.554. The summed E-state index contributed by atoms with van der Waals surface area (Å²) < 4.78 is 76.1. The zero-order valence-corrected chi connectivity index (χ0v) is 17.0. The SMILES string of the molecule is COc1cc(OC)c2c(NCc3cc(S(N)(=O)=O)ccc3OC(F)(F)F)ncnc2c1. The molecule has 166 valence electrons. The van der Waals surface area contributed by atoms with E-state index in [1.165, 1.54) is 20.5 Å². The van der Waals surface area contributed by atoms with Crippen LogP contribution < -0.4 is 24.7 Å². The van der Waals surface area contributed by atoms with Crippen LogP contribution in [0, 0.1) is 0 Å². The molecule has 0 aliphatic rings. The smallest absolute Gasteiger partial charge is 0.497 e. The van der Waals surface area contributed by atoms with Gasteiger partial charge in [0, 0.05) is 24.2 Å². The standard InChI is InChI=1S/C18H17F3N4O5S/c1-28-11-6-13-16(15(7-11)29-2)17(25-9-24-13)23-8-10-5-12(31(22,26)27)3-4-14(10)30-18(19,20)21/h3-7,9H,8H2,1-2H3,(H2,22,26,27)(H,23,24,25). The molecule has 0 saturated heterocycles. The van der Waals surface area contributed by atoms with Crippen molar-refractivity contribution in [3.63, 3.8) is 0 Å². The summed E-state index contributed by atoms with van der Waals surface area (Å²) in [5, 5.41) is 8.41. The fourth-order valence-corrected chi connectivity index (χ4v) is 3.38. The molecule has 0 atom stereocenters. The highest BCUT2D eigenvalue weighted by atomic mass is 32.2. The average Bonchev–Trinajstić information content (AvgIpc) is 2.70. The minimum atomic E-state index is -4.97. The van der Waals surface area contributed by atoms with Gasteiger partial charge in [-0.15, -0.1) is 13.2 Å². The van der Waals surface area contributed by atoms with E-state index in [9.17, 15) is 21.6 Å². The van der Waals surface area contributed by atoms with E-state index in [4.69, 9.17) is 14.6 Å². The number of anilines is 1. The molecule has 2 aromatic carbocycles. The van der Waals surface area contributed by atoms with Gasteiger partial charge in [-0.1, -0.05) is 0 Å². The maximum atomic E-state index is 12.8. The molecule has 9 nitrogen and oxygen atoms in total. The van der Waals surface area contributed by atoms with Gasteiger partial charge in [0.1, 0.15) is 29.4 Å². The van der Waals surface area contributed by atoms with E-state index in [0.717, 1.165) is 18.2 Å². The molecule has 3 aromatic rings. The van der Waals surface area contributed by atoms with E-state index >= 15 is 0 Å². The highest BCUT2D eigenvalue weighted by Crippen LogP contribution is 2.35. The molecule has 0 spiro atoms. The summed E-state index contributed by atoms with van der Waals surface area (Å²) in [4.78, 5) is 7.89. The molecule has 0 aliphatic heterocycles. The Balaban J connectivity index is 2.02. The predicted octanol–water partition coefficient (Wildman–Crippen LogP) is 2.81. The van der Waals surface area contributed by atoms with Gasteiger partial charge >= 0.3 is 6.36 Å². The fraction of sp³-hybridized carbons (Fsp3) is 0.222. The minimum Gasteiger partial charge on any atom is -0.497 e. The summed E-state index contributed by atoms with van der Waals surface area (Å²) in [6, 6.07) is 6.03. The van der Waals surface area contributed by atoms with Crippen molar-refractivity contribution in [2.24, 2.45) is 5.14 Å². The van der Waals surface area contributed by atoms with Crippen molar-refractivity contribution in [2.45, 2.75) is 17.8 Å². The number of primary sulfonamides is 1. The van der Waals surface area contributed by atoms with Crippen molar-refractivity contribution >= 4 is 26.7 Å². The van der Waals surface area contributed by atoms with Gasteiger partial charge in [-0.3, -0.25) is 0 Å². The highest BCUT2D eigenvalue weighted by molar-refractivity contribution is 7.89. The molecule has 1 aromatic heterocycles. The maximum absolute atomic E-state index is 12.8. The summed E-state index contributed by atoms with van der Waals surface area (Å²) in [5.41, 5.74) is 0.349. The molecule has 31 heavy (non-hydrogen) atoms. The van der Waals surface area contributed by atoms with E-state index < -0.39 is 22.1 Å². The summed E-state index contributed by atoms with van der Waals surface area (Å²) in [6.45, 7) is -0.268. The number of nitrogens with two attached hydrogens (primary N) is 1.